The molecule has 0 atom stereocenters. The Morgan fingerprint density at radius 3 is 2.57 bits per heavy atom. The van der Waals surface area contributed by atoms with Crippen LogP contribution in [0.15, 0.2) is 35.3 Å². The number of non-ortho nitro benzene ring substituents is 1. The highest BCUT2D eigenvalue weighted by Gasteiger charge is 2.12. The minimum Gasteiger partial charge on any atom is -0.381 e. The summed E-state index contributed by atoms with van der Waals surface area (Å²) in [6, 6.07) is 5.51. The predicted octanol–water partition coefficient (Wildman–Crippen LogP) is 1.77. The summed E-state index contributed by atoms with van der Waals surface area (Å²) in [6.45, 7) is 1.40. The molecule has 0 unspecified atom stereocenters. The number of halogens is 1. The number of anilines is 1. The van der Waals surface area contributed by atoms with E-state index in [4.69, 9.17) is 11.6 Å². The van der Waals surface area contributed by atoms with Crippen LogP contribution in [-0.2, 0) is 0 Å². The van der Waals surface area contributed by atoms with Crippen molar-refractivity contribution in [3.8, 4) is 5.69 Å². The Morgan fingerprint density at radius 2 is 2.00 bits per heavy atom. The van der Waals surface area contributed by atoms with Crippen molar-refractivity contribution in [1.29, 1.82) is 0 Å². The monoisotopic (exact) mass is 337 g/mol. The van der Waals surface area contributed by atoms with E-state index in [9.17, 15) is 14.9 Å². The fourth-order valence-corrected chi connectivity index (χ4v) is 2.07. The highest BCUT2D eigenvalue weighted by molar-refractivity contribution is 6.32. The lowest BCUT2D eigenvalue weighted by molar-refractivity contribution is -0.384. The number of rotatable bonds is 6. The van der Waals surface area contributed by atoms with Crippen LogP contribution < -0.4 is 10.9 Å². The van der Waals surface area contributed by atoms with Gasteiger partial charge in [0, 0.05) is 25.2 Å². The van der Waals surface area contributed by atoms with Crippen LogP contribution in [0, 0.1) is 10.1 Å². The number of nitrogens with one attached hydrogen (secondary N) is 1. The Hall–Kier alpha value is -2.45. The van der Waals surface area contributed by atoms with Crippen molar-refractivity contribution in [2.45, 2.75) is 0 Å². The molecule has 2 aromatic rings. The first-order valence-electron chi connectivity index (χ1n) is 6.81. The summed E-state index contributed by atoms with van der Waals surface area (Å²) in [5.74, 6) is 0. The van der Waals surface area contributed by atoms with Crippen molar-refractivity contribution in [1.82, 2.24) is 14.7 Å². The zero-order chi connectivity index (χ0) is 17.0. The van der Waals surface area contributed by atoms with Gasteiger partial charge in [-0.1, -0.05) is 11.6 Å². The molecule has 0 saturated heterocycles. The molecule has 0 spiro atoms. The minimum absolute atomic E-state index is 0.0251. The molecule has 0 amide bonds. The summed E-state index contributed by atoms with van der Waals surface area (Å²) in [6.07, 6.45) is 1.46. The molecule has 2 rings (SSSR count). The molecule has 0 bridgehead atoms. The summed E-state index contributed by atoms with van der Waals surface area (Å²) < 4.78 is 1.10. The van der Waals surface area contributed by atoms with Gasteiger partial charge in [-0.15, -0.1) is 0 Å². The maximum atomic E-state index is 12.3. The van der Waals surface area contributed by atoms with E-state index in [1.54, 1.807) is 0 Å². The Bertz CT molecular complexity index is 758. The maximum absolute atomic E-state index is 12.3. The molecule has 9 heteroatoms. The lowest BCUT2D eigenvalue weighted by Gasteiger charge is -2.13. The fraction of sp³-hybridized carbons (Fsp3) is 0.286. The summed E-state index contributed by atoms with van der Waals surface area (Å²) in [7, 11) is 3.88. The summed E-state index contributed by atoms with van der Waals surface area (Å²) >= 11 is 6.09. The van der Waals surface area contributed by atoms with Gasteiger partial charge in [-0.25, -0.2) is 0 Å². The molecule has 1 aromatic carbocycles. The van der Waals surface area contributed by atoms with Crippen molar-refractivity contribution in [2.75, 3.05) is 32.5 Å². The molecule has 0 fully saturated rings. The number of nitrogens with zero attached hydrogens (tertiary/aromatic N) is 4. The van der Waals surface area contributed by atoms with Crippen molar-refractivity contribution in [2.24, 2.45) is 0 Å². The molecule has 0 radical (unpaired) electrons. The third kappa shape index (κ3) is 4.05. The number of nitro groups is 1. The van der Waals surface area contributed by atoms with Gasteiger partial charge in [0.15, 0.2) is 0 Å². The van der Waals surface area contributed by atoms with E-state index in [0.717, 1.165) is 11.2 Å². The van der Waals surface area contributed by atoms with Gasteiger partial charge < -0.3 is 10.2 Å². The Balaban J connectivity index is 2.26. The van der Waals surface area contributed by atoms with E-state index in [-0.39, 0.29) is 10.7 Å². The third-order valence-electron chi connectivity index (χ3n) is 3.10. The van der Waals surface area contributed by atoms with Crippen LogP contribution >= 0.6 is 11.6 Å². The van der Waals surface area contributed by atoms with E-state index < -0.39 is 10.5 Å². The largest absolute Gasteiger partial charge is 0.381 e. The van der Waals surface area contributed by atoms with Crippen LogP contribution in [0.3, 0.4) is 0 Å². The maximum Gasteiger partial charge on any atom is 0.292 e. The summed E-state index contributed by atoms with van der Waals surface area (Å²) in [5, 5.41) is 17.8. The van der Waals surface area contributed by atoms with Crippen LogP contribution in [0.1, 0.15) is 0 Å². The molecule has 1 aromatic heterocycles. The first kappa shape index (κ1) is 16.9. The van der Waals surface area contributed by atoms with Crippen LogP contribution in [0.25, 0.3) is 5.69 Å². The molecule has 0 aliphatic rings. The second-order valence-electron chi connectivity index (χ2n) is 5.09. The van der Waals surface area contributed by atoms with Crippen LogP contribution in [0.2, 0.25) is 5.02 Å². The minimum atomic E-state index is -0.509. The standard InChI is InChI=1S/C14H16ClN5O3/c1-18(2)8-7-16-12-9-17-19(14(21)13(12)15)10-3-5-11(6-4-10)20(22)23/h3-6,9,16H,7-8H2,1-2H3. The quantitative estimate of drug-likeness (QED) is 0.637. The molecule has 8 nitrogen and oxygen atoms in total. The SMILES string of the molecule is CN(C)CCNc1cnn(-c2ccc([N+](=O)[O-])cc2)c(=O)c1Cl. The molecule has 1 heterocycles. The molecular formula is C14H16ClN5O3. The van der Waals surface area contributed by atoms with Crippen molar-refractivity contribution < 1.29 is 4.92 Å². The van der Waals surface area contributed by atoms with E-state index >= 15 is 0 Å². The average molecular weight is 338 g/mol. The van der Waals surface area contributed by atoms with Crippen LogP contribution in [0.4, 0.5) is 11.4 Å². The molecule has 1 N–H and O–H groups in total. The molecule has 23 heavy (non-hydrogen) atoms. The molecule has 0 aliphatic heterocycles. The van der Waals surface area contributed by atoms with E-state index in [1.807, 2.05) is 19.0 Å². The number of aromatic nitrogens is 2. The smallest absolute Gasteiger partial charge is 0.292 e. The fourth-order valence-electron chi connectivity index (χ4n) is 1.87. The van der Waals surface area contributed by atoms with Crippen molar-refractivity contribution in [3.63, 3.8) is 0 Å². The number of hydrogen-bond acceptors (Lipinski definition) is 6. The third-order valence-corrected chi connectivity index (χ3v) is 3.46. The molecule has 122 valence electrons. The Kier molecular flexibility index (Phi) is 5.30. The second kappa shape index (κ2) is 7.21. The van der Waals surface area contributed by atoms with E-state index in [2.05, 4.69) is 10.4 Å². The lowest BCUT2D eigenvalue weighted by atomic mass is 10.3. The van der Waals surface area contributed by atoms with Gasteiger partial charge in [-0.3, -0.25) is 14.9 Å². The molecule has 0 saturated carbocycles. The van der Waals surface area contributed by atoms with Crippen LogP contribution in [0.5, 0.6) is 0 Å². The predicted molar refractivity (Wildman–Crippen MR) is 88.5 cm³/mol. The van der Waals surface area contributed by atoms with Gasteiger partial charge >= 0.3 is 0 Å². The first-order chi connectivity index (χ1) is 10.9. The van der Waals surface area contributed by atoms with Gasteiger partial charge in [-0.2, -0.15) is 9.78 Å². The number of hydrogen-bond donors (Lipinski definition) is 1. The highest BCUT2D eigenvalue weighted by atomic mass is 35.5. The van der Waals surface area contributed by atoms with Gasteiger partial charge in [0.2, 0.25) is 0 Å². The molecular weight excluding hydrogens is 322 g/mol. The highest BCUT2D eigenvalue weighted by Crippen LogP contribution is 2.18. The first-order valence-corrected chi connectivity index (χ1v) is 7.19. The van der Waals surface area contributed by atoms with E-state index in [0.29, 0.717) is 17.9 Å². The van der Waals surface area contributed by atoms with Gasteiger partial charge in [-0.05, 0) is 26.2 Å². The van der Waals surface area contributed by atoms with Crippen molar-refractivity contribution in [3.05, 3.63) is 56.0 Å². The van der Waals surface area contributed by atoms with Crippen LogP contribution in [-0.4, -0.2) is 46.8 Å². The normalized spacial score (nSPS) is 10.8. The number of nitro benzene ring substituents is 1. The second-order valence-corrected chi connectivity index (χ2v) is 5.47. The zero-order valence-corrected chi connectivity index (χ0v) is 13.4. The summed E-state index contributed by atoms with van der Waals surface area (Å²) in [4.78, 5) is 24.4. The summed E-state index contributed by atoms with van der Waals surface area (Å²) in [5.41, 5.74) is 0.310. The Labute approximate surface area is 137 Å². The van der Waals surface area contributed by atoms with Gasteiger partial charge in [0.05, 0.1) is 22.5 Å². The number of benzene rings is 1. The van der Waals surface area contributed by atoms with E-state index in [1.165, 1.54) is 30.5 Å². The number of likely N-dealkylation sites (N-methyl/N-ethyl adjacent to an activating group) is 1. The lowest BCUT2D eigenvalue weighted by Crippen LogP contribution is -2.25. The average Bonchev–Trinajstić information content (AvgIpc) is 2.51. The Morgan fingerprint density at radius 1 is 1.35 bits per heavy atom. The zero-order valence-electron chi connectivity index (χ0n) is 12.7. The van der Waals surface area contributed by atoms with Gasteiger partial charge in [0.25, 0.3) is 11.2 Å². The molecule has 0 aliphatic carbocycles. The van der Waals surface area contributed by atoms with Gasteiger partial charge in [0.1, 0.15) is 5.02 Å². The van der Waals surface area contributed by atoms with Crippen molar-refractivity contribution >= 4 is 23.0 Å². The topological polar surface area (TPSA) is 93.3 Å².